The Bertz CT molecular complexity index is 2250. The van der Waals surface area contributed by atoms with Crippen molar-refractivity contribution in [1.29, 1.82) is 0 Å². The molecule has 1 aliphatic carbocycles. The molecule has 0 saturated carbocycles. The van der Waals surface area contributed by atoms with Crippen molar-refractivity contribution < 1.29 is 0 Å². The number of fused-ring (bicyclic) bond motifs is 4. The molecule has 0 fully saturated rings. The van der Waals surface area contributed by atoms with Gasteiger partial charge in [-0.3, -0.25) is 0 Å². The van der Waals surface area contributed by atoms with Crippen molar-refractivity contribution in [1.82, 2.24) is 15.0 Å². The van der Waals surface area contributed by atoms with E-state index < -0.39 is 0 Å². The van der Waals surface area contributed by atoms with Crippen LogP contribution in [0.1, 0.15) is 51.7 Å². The number of hydrogen-bond donors (Lipinski definition) is 0. The van der Waals surface area contributed by atoms with Crippen LogP contribution in [-0.2, 0) is 10.8 Å². The Labute approximate surface area is 271 Å². The first-order valence-corrected chi connectivity index (χ1v) is 16.3. The second kappa shape index (κ2) is 10.7. The summed E-state index contributed by atoms with van der Waals surface area (Å²) in [7, 11) is 0. The van der Waals surface area contributed by atoms with Gasteiger partial charge in [0, 0.05) is 22.3 Å². The Morgan fingerprint density at radius 3 is 1.46 bits per heavy atom. The van der Waals surface area contributed by atoms with E-state index in [2.05, 4.69) is 137 Å². The summed E-state index contributed by atoms with van der Waals surface area (Å²) in [6.45, 7) is 9.47. The molecule has 0 aliphatic heterocycles. The minimum Gasteiger partial charge on any atom is -0.208 e. The number of nitrogens with zero attached hydrogens (tertiary/aromatic N) is 3. The average Bonchev–Trinajstić information content (AvgIpc) is 3.10. The van der Waals surface area contributed by atoms with Gasteiger partial charge < -0.3 is 0 Å². The summed E-state index contributed by atoms with van der Waals surface area (Å²) in [6.07, 6.45) is 2.33. The van der Waals surface area contributed by atoms with E-state index in [4.69, 9.17) is 15.0 Å². The molecule has 1 aromatic heterocycles. The smallest absolute Gasteiger partial charge is 0.165 e. The van der Waals surface area contributed by atoms with Crippen LogP contribution >= 0.6 is 0 Å². The van der Waals surface area contributed by atoms with E-state index in [0.29, 0.717) is 17.5 Å². The van der Waals surface area contributed by atoms with Crippen LogP contribution < -0.4 is 0 Å². The van der Waals surface area contributed by atoms with Crippen LogP contribution in [0.4, 0.5) is 0 Å². The van der Waals surface area contributed by atoms with E-state index in [1.807, 2.05) is 18.2 Å². The van der Waals surface area contributed by atoms with Crippen LogP contribution in [0.25, 0.3) is 66.8 Å². The molecule has 3 heteroatoms. The van der Waals surface area contributed by atoms with Crippen LogP contribution in [0, 0.1) is 0 Å². The van der Waals surface area contributed by atoms with Crippen LogP contribution in [0.3, 0.4) is 0 Å². The fourth-order valence-electron chi connectivity index (χ4n) is 7.34. The van der Waals surface area contributed by atoms with Crippen molar-refractivity contribution in [2.75, 3.05) is 0 Å². The Morgan fingerprint density at radius 2 is 0.848 bits per heavy atom. The first-order valence-electron chi connectivity index (χ1n) is 16.3. The largest absolute Gasteiger partial charge is 0.208 e. The molecule has 0 radical (unpaired) electrons. The van der Waals surface area contributed by atoms with E-state index in [-0.39, 0.29) is 10.8 Å². The molecule has 0 bridgehead atoms. The number of rotatable bonds is 4. The SMILES string of the molecule is CC1(C)CCC(C)(C)c2cc(-c3nc(-c4ccccc4)nc(-c4c(-c5ccccc5)c5ccccc5c5ccccc45)n3)ccc21. The van der Waals surface area contributed by atoms with Crippen molar-refractivity contribution in [2.45, 2.75) is 51.4 Å². The fourth-order valence-corrected chi connectivity index (χ4v) is 7.34. The summed E-state index contributed by atoms with van der Waals surface area (Å²) in [6, 6.07) is 45.2. The van der Waals surface area contributed by atoms with Gasteiger partial charge in [0.05, 0.1) is 0 Å². The Balaban J connectivity index is 1.47. The average molecular weight is 596 g/mol. The first kappa shape index (κ1) is 28.3. The predicted molar refractivity (Wildman–Crippen MR) is 192 cm³/mol. The standard InChI is InChI=1S/C43H37N3/c1-42(2)25-26-43(3,4)36-27-30(23-24-35(36)42)40-44-39(29-17-9-6-10-18-29)45-41(46-40)38-34-22-14-12-20-32(34)31-19-11-13-21-33(31)37(38)28-15-7-5-8-16-28/h5-24,27H,25-26H2,1-4H3. The maximum atomic E-state index is 5.35. The van der Waals surface area contributed by atoms with Gasteiger partial charge in [0.15, 0.2) is 17.5 Å². The monoisotopic (exact) mass is 595 g/mol. The van der Waals surface area contributed by atoms with E-state index in [1.54, 1.807) is 0 Å². The molecule has 7 aromatic rings. The summed E-state index contributed by atoms with van der Waals surface area (Å²) < 4.78 is 0. The number of aromatic nitrogens is 3. The highest BCUT2D eigenvalue weighted by Crippen LogP contribution is 2.47. The number of benzene rings is 6. The second-order valence-corrected chi connectivity index (χ2v) is 13.9. The quantitative estimate of drug-likeness (QED) is 0.190. The molecule has 0 spiro atoms. The van der Waals surface area contributed by atoms with Crippen LogP contribution in [0.2, 0.25) is 0 Å². The van der Waals surface area contributed by atoms with Gasteiger partial charge in [-0.05, 0) is 68.0 Å². The minimum atomic E-state index is 0.0774. The summed E-state index contributed by atoms with van der Waals surface area (Å²) in [5.41, 5.74) is 8.34. The second-order valence-electron chi connectivity index (χ2n) is 13.9. The zero-order chi connectivity index (χ0) is 31.5. The third kappa shape index (κ3) is 4.70. The summed E-state index contributed by atoms with van der Waals surface area (Å²) in [5.74, 6) is 2.05. The lowest BCUT2D eigenvalue weighted by Gasteiger charge is -2.42. The molecule has 6 aromatic carbocycles. The van der Waals surface area contributed by atoms with Gasteiger partial charge in [-0.1, -0.05) is 149 Å². The molecule has 8 rings (SSSR count). The predicted octanol–water partition coefficient (Wildman–Crippen LogP) is 11.2. The fraction of sp³-hybridized carbons (Fsp3) is 0.186. The van der Waals surface area contributed by atoms with Crippen LogP contribution in [0.15, 0.2) is 127 Å². The van der Waals surface area contributed by atoms with Crippen molar-refractivity contribution in [2.24, 2.45) is 0 Å². The van der Waals surface area contributed by atoms with Crippen LogP contribution in [0.5, 0.6) is 0 Å². The molecule has 224 valence electrons. The van der Waals surface area contributed by atoms with Crippen molar-refractivity contribution >= 4 is 21.5 Å². The first-order chi connectivity index (χ1) is 22.3. The van der Waals surface area contributed by atoms with Gasteiger partial charge in [-0.2, -0.15) is 0 Å². The zero-order valence-corrected chi connectivity index (χ0v) is 26.9. The third-order valence-electron chi connectivity index (χ3n) is 10.00. The van der Waals surface area contributed by atoms with Gasteiger partial charge >= 0.3 is 0 Å². The molecule has 0 N–H and O–H groups in total. The van der Waals surface area contributed by atoms with Crippen LogP contribution in [-0.4, -0.2) is 15.0 Å². The lowest BCUT2D eigenvalue weighted by molar-refractivity contribution is 0.332. The summed E-state index contributed by atoms with van der Waals surface area (Å²) in [4.78, 5) is 15.8. The highest BCUT2D eigenvalue weighted by atomic mass is 15.0. The molecule has 46 heavy (non-hydrogen) atoms. The molecular formula is C43H37N3. The molecule has 0 amide bonds. The maximum Gasteiger partial charge on any atom is 0.165 e. The Morgan fingerprint density at radius 1 is 0.391 bits per heavy atom. The van der Waals surface area contributed by atoms with Gasteiger partial charge in [-0.25, -0.2) is 15.0 Å². The highest BCUT2D eigenvalue weighted by molar-refractivity contribution is 6.21. The Hall–Kier alpha value is -5.15. The van der Waals surface area contributed by atoms with Crippen molar-refractivity contribution in [3.05, 3.63) is 139 Å². The highest BCUT2D eigenvalue weighted by Gasteiger charge is 2.37. The van der Waals surface area contributed by atoms with E-state index in [0.717, 1.165) is 39.6 Å². The topological polar surface area (TPSA) is 38.7 Å². The lowest BCUT2D eigenvalue weighted by Crippen LogP contribution is -2.33. The molecule has 1 heterocycles. The lowest BCUT2D eigenvalue weighted by atomic mass is 9.63. The molecule has 0 saturated heterocycles. The van der Waals surface area contributed by atoms with E-state index >= 15 is 0 Å². The molecule has 0 atom stereocenters. The molecule has 1 aliphatic rings. The van der Waals surface area contributed by atoms with Gasteiger partial charge in [0.2, 0.25) is 0 Å². The molecular weight excluding hydrogens is 558 g/mol. The number of hydrogen-bond acceptors (Lipinski definition) is 3. The van der Waals surface area contributed by atoms with E-state index in [9.17, 15) is 0 Å². The summed E-state index contributed by atoms with van der Waals surface area (Å²) >= 11 is 0. The zero-order valence-electron chi connectivity index (χ0n) is 26.9. The van der Waals surface area contributed by atoms with Gasteiger partial charge in [0.1, 0.15) is 0 Å². The van der Waals surface area contributed by atoms with Gasteiger partial charge in [-0.15, -0.1) is 0 Å². The third-order valence-corrected chi connectivity index (χ3v) is 10.00. The van der Waals surface area contributed by atoms with E-state index in [1.165, 1.54) is 33.7 Å². The normalized spacial score (nSPS) is 15.1. The Kier molecular flexibility index (Phi) is 6.61. The maximum absolute atomic E-state index is 5.35. The minimum absolute atomic E-state index is 0.0774. The molecule has 0 unspecified atom stereocenters. The van der Waals surface area contributed by atoms with Gasteiger partial charge in [0.25, 0.3) is 0 Å². The molecule has 3 nitrogen and oxygen atoms in total. The van der Waals surface area contributed by atoms with Crippen molar-refractivity contribution in [3.8, 4) is 45.3 Å². The van der Waals surface area contributed by atoms with Crippen molar-refractivity contribution in [3.63, 3.8) is 0 Å². The summed E-state index contributed by atoms with van der Waals surface area (Å²) in [5, 5.41) is 4.72.